The maximum atomic E-state index is 13.1. The molecule has 0 unspecified atom stereocenters. The first-order chi connectivity index (χ1) is 11.9. The van der Waals surface area contributed by atoms with Crippen LogP contribution in [0, 0.1) is 11.8 Å². The molecular weight excluding hydrogens is 340 g/mol. The molecule has 4 atom stereocenters. The van der Waals surface area contributed by atoms with Gasteiger partial charge in [0, 0.05) is 29.9 Å². The highest BCUT2D eigenvalue weighted by Crippen LogP contribution is 2.55. The number of nitrogens with zero attached hydrogens (tertiary/aromatic N) is 2. The van der Waals surface area contributed by atoms with Crippen LogP contribution in [0.15, 0.2) is 18.2 Å². The number of carbonyl (C=O) groups excluding carboxylic acids is 1. The number of carbonyl (C=O) groups is 1. The molecule has 4 rings (SSSR count). The number of ether oxygens (including phenoxy) is 2. The van der Waals surface area contributed by atoms with Crippen molar-refractivity contribution in [1.82, 2.24) is 9.80 Å². The Morgan fingerprint density at radius 1 is 1.48 bits per heavy atom. The summed E-state index contributed by atoms with van der Waals surface area (Å²) in [6.45, 7) is 2.46. The Labute approximate surface area is 153 Å². The van der Waals surface area contributed by atoms with Crippen molar-refractivity contribution in [3.8, 4) is 5.75 Å². The molecule has 1 spiro atoms. The van der Waals surface area contributed by atoms with Crippen LogP contribution in [0.2, 0.25) is 5.02 Å². The largest absolute Gasteiger partial charge is 0.496 e. The summed E-state index contributed by atoms with van der Waals surface area (Å²) >= 11 is 6.03. The van der Waals surface area contributed by atoms with E-state index in [2.05, 4.69) is 19.0 Å². The highest BCUT2D eigenvalue weighted by atomic mass is 35.5. The minimum Gasteiger partial charge on any atom is -0.496 e. The summed E-state index contributed by atoms with van der Waals surface area (Å²) in [5, 5.41) is 0.568. The lowest BCUT2D eigenvalue weighted by Gasteiger charge is -2.30. The average Bonchev–Trinajstić information content (AvgIpc) is 3.23. The lowest BCUT2D eigenvalue weighted by atomic mass is 9.73. The van der Waals surface area contributed by atoms with Crippen molar-refractivity contribution >= 4 is 17.5 Å². The predicted molar refractivity (Wildman–Crippen MR) is 96.3 cm³/mol. The first-order valence-electron chi connectivity index (χ1n) is 8.89. The summed E-state index contributed by atoms with van der Waals surface area (Å²) in [7, 11) is 5.78. The van der Waals surface area contributed by atoms with Gasteiger partial charge in [-0.25, -0.2) is 0 Å². The van der Waals surface area contributed by atoms with Gasteiger partial charge in [0.15, 0.2) is 0 Å². The van der Waals surface area contributed by atoms with E-state index >= 15 is 0 Å². The highest BCUT2D eigenvalue weighted by Gasteiger charge is 2.63. The second kappa shape index (κ2) is 6.15. The number of benzene rings is 1. The van der Waals surface area contributed by atoms with Gasteiger partial charge in [0.1, 0.15) is 5.75 Å². The van der Waals surface area contributed by atoms with E-state index in [-0.39, 0.29) is 11.5 Å². The summed E-state index contributed by atoms with van der Waals surface area (Å²) < 4.78 is 11.8. The molecule has 6 heteroatoms. The number of fused-ring (bicyclic) bond motifs is 1. The SMILES string of the molecule is COc1cc(Cl)ccc1C(=O)N1C[C@@H]2[C@H](CN(C)C)[C@H]3CC[C@]2(C1)O3. The molecule has 0 N–H and O–H groups in total. The summed E-state index contributed by atoms with van der Waals surface area (Å²) in [6.07, 6.45) is 2.53. The topological polar surface area (TPSA) is 42.0 Å². The van der Waals surface area contributed by atoms with Gasteiger partial charge in [-0.1, -0.05) is 11.6 Å². The fraction of sp³-hybridized carbons (Fsp3) is 0.632. The monoisotopic (exact) mass is 364 g/mol. The minimum absolute atomic E-state index is 0.00736. The Hall–Kier alpha value is -1.30. The number of hydrogen-bond acceptors (Lipinski definition) is 4. The smallest absolute Gasteiger partial charge is 0.257 e. The number of rotatable bonds is 4. The summed E-state index contributed by atoms with van der Waals surface area (Å²) in [4.78, 5) is 17.3. The molecule has 0 aromatic heterocycles. The standard InChI is InChI=1S/C19H25ClN2O3/c1-21(2)9-14-15-10-22(11-19(15)7-6-16(14)25-19)18(23)13-5-4-12(20)8-17(13)24-3/h4-5,8,14-16H,6-7,9-11H2,1-3H3/t14-,15+,16+,19+/m0/s1. The minimum atomic E-state index is -0.138. The van der Waals surface area contributed by atoms with Crippen molar-refractivity contribution in [2.75, 3.05) is 40.8 Å². The molecule has 136 valence electrons. The Morgan fingerprint density at radius 2 is 2.28 bits per heavy atom. The molecule has 25 heavy (non-hydrogen) atoms. The summed E-state index contributed by atoms with van der Waals surface area (Å²) in [5.41, 5.74) is 0.433. The van der Waals surface area contributed by atoms with Crippen molar-refractivity contribution < 1.29 is 14.3 Å². The average molecular weight is 365 g/mol. The van der Waals surface area contributed by atoms with E-state index in [1.54, 1.807) is 25.3 Å². The molecule has 0 aliphatic carbocycles. The van der Waals surface area contributed by atoms with E-state index in [9.17, 15) is 4.79 Å². The molecule has 1 amide bonds. The van der Waals surface area contributed by atoms with Gasteiger partial charge in [-0.3, -0.25) is 4.79 Å². The maximum absolute atomic E-state index is 13.1. The van der Waals surface area contributed by atoms with Crippen LogP contribution in [-0.4, -0.2) is 68.3 Å². The molecule has 1 aromatic rings. The molecule has 0 radical (unpaired) electrons. The lowest BCUT2D eigenvalue weighted by molar-refractivity contribution is 0.00253. The molecular formula is C19H25ClN2O3. The molecule has 3 saturated heterocycles. The van der Waals surface area contributed by atoms with Crippen LogP contribution in [0.4, 0.5) is 0 Å². The second-order valence-electron chi connectivity index (χ2n) is 7.82. The first kappa shape index (κ1) is 17.1. The fourth-order valence-electron chi connectivity index (χ4n) is 5.02. The Morgan fingerprint density at radius 3 is 3.00 bits per heavy atom. The predicted octanol–water partition coefficient (Wildman–Crippen LogP) is 2.53. The van der Waals surface area contributed by atoms with Crippen LogP contribution < -0.4 is 4.74 Å². The van der Waals surface area contributed by atoms with E-state index in [0.29, 0.717) is 40.8 Å². The van der Waals surface area contributed by atoms with Crippen molar-refractivity contribution in [1.29, 1.82) is 0 Å². The van der Waals surface area contributed by atoms with Crippen molar-refractivity contribution in [3.63, 3.8) is 0 Å². The van der Waals surface area contributed by atoms with Gasteiger partial charge >= 0.3 is 0 Å². The molecule has 5 nitrogen and oxygen atoms in total. The molecule has 1 aromatic carbocycles. The fourth-order valence-corrected chi connectivity index (χ4v) is 5.19. The third-order valence-corrected chi connectivity index (χ3v) is 6.28. The van der Waals surface area contributed by atoms with Gasteiger partial charge in [-0.05, 0) is 45.1 Å². The molecule has 3 heterocycles. The zero-order chi connectivity index (χ0) is 17.8. The zero-order valence-electron chi connectivity index (χ0n) is 15.0. The van der Waals surface area contributed by atoms with Gasteiger partial charge in [-0.15, -0.1) is 0 Å². The van der Waals surface area contributed by atoms with E-state index < -0.39 is 0 Å². The van der Waals surface area contributed by atoms with Crippen LogP contribution in [-0.2, 0) is 4.74 Å². The molecule has 2 bridgehead atoms. The van der Waals surface area contributed by atoms with Crippen LogP contribution >= 0.6 is 11.6 Å². The van der Waals surface area contributed by atoms with Gasteiger partial charge < -0.3 is 19.3 Å². The Balaban J connectivity index is 1.57. The quantitative estimate of drug-likeness (QED) is 0.823. The molecule has 3 aliphatic heterocycles. The maximum Gasteiger partial charge on any atom is 0.257 e. The number of hydrogen-bond donors (Lipinski definition) is 0. The summed E-state index contributed by atoms with van der Waals surface area (Å²) in [6, 6.07) is 5.19. The van der Waals surface area contributed by atoms with Crippen LogP contribution in [0.5, 0.6) is 5.75 Å². The van der Waals surface area contributed by atoms with Gasteiger partial charge in [0.05, 0.1) is 30.9 Å². The number of amides is 1. The number of halogens is 1. The normalized spacial score (nSPS) is 33.2. The van der Waals surface area contributed by atoms with E-state index in [1.807, 2.05) is 4.90 Å². The zero-order valence-corrected chi connectivity index (χ0v) is 15.8. The second-order valence-corrected chi connectivity index (χ2v) is 8.26. The molecule has 0 saturated carbocycles. The lowest BCUT2D eigenvalue weighted by Crippen LogP contribution is -2.40. The molecule has 3 aliphatic rings. The Kier molecular flexibility index (Phi) is 4.21. The van der Waals surface area contributed by atoms with Crippen molar-refractivity contribution in [2.24, 2.45) is 11.8 Å². The number of methoxy groups -OCH3 is 1. The van der Waals surface area contributed by atoms with E-state index in [4.69, 9.17) is 21.1 Å². The van der Waals surface area contributed by atoms with Crippen LogP contribution in [0.3, 0.4) is 0 Å². The van der Waals surface area contributed by atoms with Gasteiger partial charge in [0.25, 0.3) is 5.91 Å². The summed E-state index contributed by atoms with van der Waals surface area (Å²) in [5.74, 6) is 1.47. The molecule has 3 fully saturated rings. The third-order valence-electron chi connectivity index (χ3n) is 6.04. The first-order valence-corrected chi connectivity index (χ1v) is 9.27. The van der Waals surface area contributed by atoms with Crippen LogP contribution in [0.25, 0.3) is 0 Å². The Bertz CT molecular complexity index is 695. The highest BCUT2D eigenvalue weighted by molar-refractivity contribution is 6.30. The van der Waals surface area contributed by atoms with Gasteiger partial charge in [-0.2, -0.15) is 0 Å². The third kappa shape index (κ3) is 2.73. The van der Waals surface area contributed by atoms with Gasteiger partial charge in [0.2, 0.25) is 0 Å². The van der Waals surface area contributed by atoms with E-state index in [0.717, 1.165) is 25.9 Å². The van der Waals surface area contributed by atoms with Crippen molar-refractivity contribution in [3.05, 3.63) is 28.8 Å². The van der Waals surface area contributed by atoms with Crippen LogP contribution in [0.1, 0.15) is 23.2 Å². The van der Waals surface area contributed by atoms with Crippen molar-refractivity contribution in [2.45, 2.75) is 24.5 Å². The number of likely N-dealkylation sites (tertiary alicyclic amines) is 1. The van der Waals surface area contributed by atoms with E-state index in [1.165, 1.54) is 0 Å².